The van der Waals surface area contributed by atoms with Gasteiger partial charge in [-0.05, 0) is 70.3 Å². The van der Waals surface area contributed by atoms with Crippen molar-refractivity contribution in [3.8, 4) is 0 Å². The van der Waals surface area contributed by atoms with Crippen LogP contribution < -0.4 is 5.48 Å². The smallest absolute Gasteiger partial charge is 0.276 e. The van der Waals surface area contributed by atoms with Crippen molar-refractivity contribution < 1.29 is 10.0 Å². The van der Waals surface area contributed by atoms with Crippen LogP contribution >= 0.6 is 0 Å². The standard InChI is InChI=1S/C18H28N4O2/c1-21(2)8-3-4-13-5-6-17(13)22-9-7-14-10-15(18(23)20-24)11-19-16(14)12-22/h10-11,13,17,24H,3-9,12H2,1-2H3,(H,20,23)/t13?,17-/m0/s1. The van der Waals surface area contributed by atoms with E-state index in [1.54, 1.807) is 11.7 Å². The van der Waals surface area contributed by atoms with Crippen LogP contribution in [0.4, 0.5) is 0 Å². The van der Waals surface area contributed by atoms with E-state index in [0.29, 0.717) is 11.6 Å². The molecule has 1 unspecified atom stereocenters. The van der Waals surface area contributed by atoms with Gasteiger partial charge in [-0.2, -0.15) is 0 Å². The Kier molecular flexibility index (Phi) is 5.48. The molecule has 1 aromatic heterocycles. The molecule has 2 heterocycles. The molecule has 24 heavy (non-hydrogen) atoms. The number of nitrogens with zero attached hydrogens (tertiary/aromatic N) is 3. The number of rotatable bonds is 6. The van der Waals surface area contributed by atoms with Crippen LogP contribution in [0.5, 0.6) is 0 Å². The van der Waals surface area contributed by atoms with Gasteiger partial charge >= 0.3 is 0 Å². The molecule has 0 bridgehead atoms. The Bertz CT molecular complexity index is 590. The molecular weight excluding hydrogens is 304 g/mol. The number of carbonyl (C=O) groups is 1. The molecule has 1 aromatic rings. The summed E-state index contributed by atoms with van der Waals surface area (Å²) in [5.74, 6) is 0.332. The molecule has 2 N–H and O–H groups in total. The first-order valence-electron chi connectivity index (χ1n) is 8.89. The minimum Gasteiger partial charge on any atom is -0.309 e. The second kappa shape index (κ2) is 7.59. The number of hydrogen-bond donors (Lipinski definition) is 2. The second-order valence-electron chi connectivity index (χ2n) is 7.34. The lowest BCUT2D eigenvalue weighted by atomic mass is 9.75. The molecule has 3 rings (SSSR count). The van der Waals surface area contributed by atoms with Crippen molar-refractivity contribution in [2.24, 2.45) is 5.92 Å². The van der Waals surface area contributed by atoms with Gasteiger partial charge in [-0.3, -0.25) is 19.9 Å². The van der Waals surface area contributed by atoms with Crippen molar-refractivity contribution in [2.75, 3.05) is 27.2 Å². The Morgan fingerprint density at radius 1 is 1.46 bits per heavy atom. The molecule has 2 atom stereocenters. The predicted octanol–water partition coefficient (Wildman–Crippen LogP) is 1.68. The number of carbonyl (C=O) groups excluding carboxylic acids is 1. The zero-order valence-corrected chi connectivity index (χ0v) is 14.7. The van der Waals surface area contributed by atoms with E-state index in [9.17, 15) is 4.79 Å². The highest BCUT2D eigenvalue weighted by Gasteiger charge is 2.36. The van der Waals surface area contributed by atoms with Crippen molar-refractivity contribution in [1.82, 2.24) is 20.3 Å². The van der Waals surface area contributed by atoms with Crippen LogP contribution in [-0.2, 0) is 13.0 Å². The summed E-state index contributed by atoms with van der Waals surface area (Å²) in [6.07, 6.45) is 7.72. The van der Waals surface area contributed by atoms with Crippen LogP contribution in [0.15, 0.2) is 12.3 Å². The molecular formula is C18H28N4O2. The Labute approximate surface area is 143 Å². The monoisotopic (exact) mass is 332 g/mol. The third-order valence-electron chi connectivity index (χ3n) is 5.47. The summed E-state index contributed by atoms with van der Waals surface area (Å²) in [6.45, 7) is 3.09. The van der Waals surface area contributed by atoms with Gasteiger partial charge < -0.3 is 4.90 Å². The predicted molar refractivity (Wildman–Crippen MR) is 91.9 cm³/mol. The molecule has 132 valence electrons. The molecule has 1 saturated carbocycles. The van der Waals surface area contributed by atoms with Gasteiger partial charge in [0.25, 0.3) is 5.91 Å². The fraction of sp³-hybridized carbons (Fsp3) is 0.667. The van der Waals surface area contributed by atoms with Crippen molar-refractivity contribution in [3.63, 3.8) is 0 Å². The van der Waals surface area contributed by atoms with Gasteiger partial charge in [0, 0.05) is 25.3 Å². The van der Waals surface area contributed by atoms with Crippen LogP contribution in [0.2, 0.25) is 0 Å². The van der Waals surface area contributed by atoms with Gasteiger partial charge in [-0.15, -0.1) is 0 Å². The Morgan fingerprint density at radius 3 is 2.96 bits per heavy atom. The Balaban J connectivity index is 1.58. The van der Waals surface area contributed by atoms with Crippen LogP contribution in [-0.4, -0.2) is 59.1 Å². The van der Waals surface area contributed by atoms with Crippen molar-refractivity contribution >= 4 is 5.91 Å². The molecule has 1 amide bonds. The lowest BCUT2D eigenvalue weighted by Crippen LogP contribution is -2.49. The molecule has 1 aliphatic carbocycles. The van der Waals surface area contributed by atoms with Crippen LogP contribution in [0.3, 0.4) is 0 Å². The maximum absolute atomic E-state index is 11.5. The first-order chi connectivity index (χ1) is 11.6. The number of fused-ring (bicyclic) bond motifs is 1. The highest BCUT2D eigenvalue weighted by molar-refractivity contribution is 5.93. The molecule has 0 saturated heterocycles. The maximum atomic E-state index is 11.5. The van der Waals surface area contributed by atoms with Gasteiger partial charge in [0.05, 0.1) is 11.3 Å². The zero-order valence-electron chi connectivity index (χ0n) is 14.7. The van der Waals surface area contributed by atoms with E-state index in [4.69, 9.17) is 5.21 Å². The Morgan fingerprint density at radius 2 is 2.29 bits per heavy atom. The van der Waals surface area contributed by atoms with E-state index < -0.39 is 5.91 Å². The van der Waals surface area contributed by atoms with E-state index >= 15 is 0 Å². The lowest BCUT2D eigenvalue weighted by Gasteiger charge is -2.46. The summed E-state index contributed by atoms with van der Waals surface area (Å²) in [4.78, 5) is 20.8. The highest BCUT2D eigenvalue weighted by Crippen LogP contribution is 2.37. The Hall–Kier alpha value is -1.50. The highest BCUT2D eigenvalue weighted by atomic mass is 16.5. The third-order valence-corrected chi connectivity index (χ3v) is 5.47. The van der Waals surface area contributed by atoms with E-state index in [2.05, 4.69) is 28.9 Å². The van der Waals surface area contributed by atoms with Crippen LogP contribution in [0, 0.1) is 5.92 Å². The fourth-order valence-corrected chi connectivity index (χ4v) is 3.94. The first kappa shape index (κ1) is 17.3. The molecule has 2 aliphatic rings. The second-order valence-corrected chi connectivity index (χ2v) is 7.34. The van der Waals surface area contributed by atoms with Crippen molar-refractivity contribution in [1.29, 1.82) is 0 Å². The summed E-state index contributed by atoms with van der Waals surface area (Å²) < 4.78 is 0. The SMILES string of the molecule is CN(C)CCCC1CC[C@@H]1N1CCc2cc(C(=O)NO)cnc2C1. The van der Waals surface area contributed by atoms with Crippen molar-refractivity contribution in [2.45, 2.75) is 44.7 Å². The molecule has 0 spiro atoms. The van der Waals surface area contributed by atoms with E-state index in [1.165, 1.54) is 32.2 Å². The van der Waals surface area contributed by atoms with Gasteiger partial charge in [0.15, 0.2) is 0 Å². The summed E-state index contributed by atoms with van der Waals surface area (Å²) in [7, 11) is 4.27. The summed E-state index contributed by atoms with van der Waals surface area (Å²) in [5, 5.41) is 8.74. The third kappa shape index (κ3) is 3.77. The number of aromatic nitrogens is 1. The lowest BCUT2D eigenvalue weighted by molar-refractivity contribution is 0.0433. The molecule has 1 aliphatic heterocycles. The van der Waals surface area contributed by atoms with Crippen LogP contribution in [0.1, 0.15) is 47.3 Å². The zero-order chi connectivity index (χ0) is 17.1. The fourth-order valence-electron chi connectivity index (χ4n) is 3.94. The van der Waals surface area contributed by atoms with E-state index in [0.717, 1.165) is 36.7 Å². The van der Waals surface area contributed by atoms with Crippen molar-refractivity contribution in [3.05, 3.63) is 29.1 Å². The largest absolute Gasteiger partial charge is 0.309 e. The minimum atomic E-state index is -0.493. The number of amides is 1. The number of nitrogens with one attached hydrogen (secondary N) is 1. The van der Waals surface area contributed by atoms with Crippen LogP contribution in [0.25, 0.3) is 0 Å². The number of pyridine rings is 1. The normalized spacial score (nSPS) is 23.7. The van der Waals surface area contributed by atoms with E-state index in [1.807, 2.05) is 6.07 Å². The molecule has 0 aromatic carbocycles. The summed E-state index contributed by atoms with van der Waals surface area (Å²) in [6, 6.07) is 2.56. The first-order valence-corrected chi connectivity index (χ1v) is 8.89. The maximum Gasteiger partial charge on any atom is 0.276 e. The van der Waals surface area contributed by atoms with Gasteiger partial charge in [-0.25, -0.2) is 5.48 Å². The summed E-state index contributed by atoms with van der Waals surface area (Å²) >= 11 is 0. The average molecular weight is 332 g/mol. The topological polar surface area (TPSA) is 68.7 Å². The van der Waals surface area contributed by atoms with Gasteiger partial charge in [0.1, 0.15) is 0 Å². The van der Waals surface area contributed by atoms with Gasteiger partial charge in [0.2, 0.25) is 0 Å². The average Bonchev–Trinajstić information content (AvgIpc) is 2.56. The minimum absolute atomic E-state index is 0.426. The quantitative estimate of drug-likeness (QED) is 0.613. The number of hydrogen-bond acceptors (Lipinski definition) is 5. The van der Waals surface area contributed by atoms with E-state index in [-0.39, 0.29) is 0 Å². The number of hydroxylamine groups is 1. The molecule has 6 heteroatoms. The molecule has 1 fully saturated rings. The molecule has 0 radical (unpaired) electrons. The summed E-state index contributed by atoms with van der Waals surface area (Å²) in [5.41, 5.74) is 4.31. The van der Waals surface area contributed by atoms with Gasteiger partial charge in [-0.1, -0.05) is 0 Å². The molecule has 6 nitrogen and oxygen atoms in total.